The minimum atomic E-state index is -0.837. The molecule has 0 aliphatic rings. The molecule has 3 rings (SSSR count). The van der Waals surface area contributed by atoms with Crippen LogP contribution in [0.25, 0.3) is 11.5 Å². The molecule has 0 unspecified atom stereocenters. The van der Waals surface area contributed by atoms with Crippen LogP contribution in [0.5, 0.6) is 0 Å². The summed E-state index contributed by atoms with van der Waals surface area (Å²) in [4.78, 5) is 35.1. The van der Waals surface area contributed by atoms with E-state index in [1.165, 1.54) is 30.3 Å². The maximum atomic E-state index is 12.9. The quantitative estimate of drug-likeness (QED) is 0.711. The second kappa shape index (κ2) is 6.69. The Balaban J connectivity index is 1.76. The Hall–Kier alpha value is -3.27. The molecule has 8 nitrogen and oxygen atoms in total. The summed E-state index contributed by atoms with van der Waals surface area (Å²) in [6.07, 6.45) is 0. The Labute approximate surface area is 143 Å². The molecule has 0 radical (unpaired) electrons. The summed E-state index contributed by atoms with van der Waals surface area (Å²) < 4.78 is 18.7. The Morgan fingerprint density at radius 1 is 1.28 bits per heavy atom. The molecule has 2 heterocycles. The lowest BCUT2D eigenvalue weighted by Crippen LogP contribution is -2.26. The summed E-state index contributed by atoms with van der Waals surface area (Å²) in [6, 6.07) is 6.68. The monoisotopic (exact) mass is 362 g/mol. The van der Waals surface area contributed by atoms with E-state index in [4.69, 9.17) is 10.2 Å². The number of rotatable bonds is 5. The lowest BCUT2D eigenvalue weighted by molar-refractivity contribution is -0.117. The number of thiophene rings is 1. The molecule has 10 heteroatoms. The summed E-state index contributed by atoms with van der Waals surface area (Å²) in [5, 5.41) is 8.28. The minimum Gasteiger partial charge on any atom is -0.388 e. The molecule has 128 valence electrons. The number of anilines is 1. The SMILES string of the molecule is NC(=O)c1ccsc1NC(=O)Cn1nc(-c2ccc(F)cc2)oc1=O. The Bertz CT molecular complexity index is 990. The predicted octanol–water partition coefficient (Wildman–Crippen LogP) is 1.44. The Morgan fingerprint density at radius 3 is 2.68 bits per heavy atom. The second-order valence-electron chi connectivity index (χ2n) is 4.91. The fraction of sp³-hybridized carbons (Fsp3) is 0.0667. The molecule has 0 saturated heterocycles. The van der Waals surface area contributed by atoms with E-state index in [2.05, 4.69) is 10.4 Å². The zero-order valence-electron chi connectivity index (χ0n) is 12.6. The number of carbonyl (C=O) groups is 2. The van der Waals surface area contributed by atoms with Gasteiger partial charge in [-0.1, -0.05) is 0 Å². The molecule has 3 N–H and O–H groups in total. The van der Waals surface area contributed by atoms with Gasteiger partial charge < -0.3 is 15.5 Å². The standard InChI is InChI=1S/C15H11FN4O4S/c16-9-3-1-8(2-4-9)13-19-20(15(23)24-13)7-11(21)18-14-10(12(17)22)5-6-25-14/h1-6H,7H2,(H2,17,22)(H,18,21). The Kier molecular flexibility index (Phi) is 4.44. The smallest absolute Gasteiger partial charge is 0.388 e. The summed E-state index contributed by atoms with van der Waals surface area (Å²) in [5.74, 6) is -2.56. The van der Waals surface area contributed by atoms with Crippen molar-refractivity contribution in [3.05, 3.63) is 57.6 Å². The van der Waals surface area contributed by atoms with Crippen molar-refractivity contribution in [2.45, 2.75) is 6.54 Å². The summed E-state index contributed by atoms with van der Waals surface area (Å²) in [7, 11) is 0. The third-order valence-electron chi connectivity index (χ3n) is 3.17. The van der Waals surface area contributed by atoms with Gasteiger partial charge in [-0.25, -0.2) is 9.18 Å². The van der Waals surface area contributed by atoms with Crippen molar-refractivity contribution in [1.82, 2.24) is 9.78 Å². The lowest BCUT2D eigenvalue weighted by Gasteiger charge is -2.03. The Morgan fingerprint density at radius 2 is 2.00 bits per heavy atom. The molecular weight excluding hydrogens is 351 g/mol. The van der Waals surface area contributed by atoms with Gasteiger partial charge in [0.25, 0.3) is 5.91 Å². The first-order valence-corrected chi connectivity index (χ1v) is 7.83. The van der Waals surface area contributed by atoms with E-state index in [0.29, 0.717) is 5.56 Å². The maximum absolute atomic E-state index is 12.9. The average molecular weight is 362 g/mol. The summed E-state index contributed by atoms with van der Waals surface area (Å²) in [5.41, 5.74) is 5.77. The number of nitrogens with one attached hydrogen (secondary N) is 1. The van der Waals surface area contributed by atoms with Gasteiger partial charge in [-0.15, -0.1) is 16.4 Å². The fourth-order valence-corrected chi connectivity index (χ4v) is 2.83. The van der Waals surface area contributed by atoms with E-state index in [9.17, 15) is 18.8 Å². The third-order valence-corrected chi connectivity index (χ3v) is 4.00. The first-order chi connectivity index (χ1) is 11.9. The number of benzene rings is 1. The number of hydrogen-bond donors (Lipinski definition) is 2. The summed E-state index contributed by atoms with van der Waals surface area (Å²) in [6.45, 7) is -0.417. The van der Waals surface area contributed by atoms with Crippen molar-refractivity contribution in [3.63, 3.8) is 0 Å². The van der Waals surface area contributed by atoms with Gasteiger partial charge in [0.05, 0.1) is 5.56 Å². The highest BCUT2D eigenvalue weighted by Gasteiger charge is 2.16. The van der Waals surface area contributed by atoms with Gasteiger partial charge in [0.1, 0.15) is 17.4 Å². The molecule has 2 aromatic heterocycles. The van der Waals surface area contributed by atoms with Crippen LogP contribution in [0.4, 0.5) is 9.39 Å². The minimum absolute atomic E-state index is 0.0354. The fourth-order valence-electron chi connectivity index (χ4n) is 2.02. The van der Waals surface area contributed by atoms with Crippen LogP contribution in [0.15, 0.2) is 44.9 Å². The average Bonchev–Trinajstić information content (AvgIpc) is 3.15. The maximum Gasteiger partial charge on any atom is 0.437 e. The number of primary amides is 1. The van der Waals surface area contributed by atoms with Crippen LogP contribution in [0.2, 0.25) is 0 Å². The van der Waals surface area contributed by atoms with Crippen LogP contribution in [0, 0.1) is 5.82 Å². The van der Waals surface area contributed by atoms with Crippen LogP contribution >= 0.6 is 11.3 Å². The molecule has 0 saturated carbocycles. The van der Waals surface area contributed by atoms with Gasteiger partial charge in [0, 0.05) is 5.56 Å². The van der Waals surface area contributed by atoms with E-state index in [-0.39, 0.29) is 16.5 Å². The molecule has 0 spiro atoms. The van der Waals surface area contributed by atoms with Gasteiger partial charge in [-0.3, -0.25) is 9.59 Å². The molecule has 0 aliphatic heterocycles. The number of aromatic nitrogens is 2. The van der Waals surface area contributed by atoms with Crippen molar-refractivity contribution >= 4 is 28.2 Å². The predicted molar refractivity (Wildman–Crippen MR) is 87.6 cm³/mol. The molecule has 0 atom stereocenters. The number of nitrogens with two attached hydrogens (primary N) is 1. The number of halogens is 1. The molecule has 0 aliphatic carbocycles. The molecular formula is C15H11FN4O4S. The van der Waals surface area contributed by atoms with Crippen LogP contribution in [-0.4, -0.2) is 21.6 Å². The first kappa shape index (κ1) is 16.6. The van der Waals surface area contributed by atoms with E-state index >= 15 is 0 Å². The lowest BCUT2D eigenvalue weighted by atomic mass is 10.2. The zero-order valence-corrected chi connectivity index (χ0v) is 13.4. The van der Waals surface area contributed by atoms with Gasteiger partial charge in [0.2, 0.25) is 11.8 Å². The second-order valence-corrected chi connectivity index (χ2v) is 5.83. The van der Waals surface area contributed by atoms with Crippen LogP contribution < -0.4 is 16.8 Å². The zero-order chi connectivity index (χ0) is 18.0. The number of hydrogen-bond acceptors (Lipinski definition) is 6. The largest absolute Gasteiger partial charge is 0.437 e. The van der Waals surface area contributed by atoms with Crippen molar-refractivity contribution in [1.29, 1.82) is 0 Å². The highest BCUT2D eigenvalue weighted by Crippen LogP contribution is 2.22. The number of nitrogens with zero attached hydrogens (tertiary/aromatic N) is 2. The van der Waals surface area contributed by atoms with Crippen molar-refractivity contribution in [3.8, 4) is 11.5 Å². The molecule has 0 bridgehead atoms. The molecule has 1 aromatic carbocycles. The van der Waals surface area contributed by atoms with Crippen molar-refractivity contribution in [2.75, 3.05) is 5.32 Å². The highest BCUT2D eigenvalue weighted by atomic mass is 32.1. The van der Waals surface area contributed by atoms with Crippen LogP contribution in [0.3, 0.4) is 0 Å². The topological polar surface area (TPSA) is 120 Å². The molecule has 0 fully saturated rings. The molecule has 2 amide bonds. The highest BCUT2D eigenvalue weighted by molar-refractivity contribution is 7.14. The third kappa shape index (κ3) is 3.63. The van der Waals surface area contributed by atoms with Gasteiger partial charge in [0.15, 0.2) is 0 Å². The van der Waals surface area contributed by atoms with Crippen LogP contribution in [-0.2, 0) is 11.3 Å². The van der Waals surface area contributed by atoms with Crippen LogP contribution in [0.1, 0.15) is 10.4 Å². The number of amides is 2. The molecule has 3 aromatic rings. The van der Waals surface area contributed by atoms with Crippen molar-refractivity contribution < 1.29 is 18.4 Å². The van der Waals surface area contributed by atoms with E-state index in [0.717, 1.165) is 16.0 Å². The van der Waals surface area contributed by atoms with E-state index in [1.54, 1.807) is 5.38 Å². The van der Waals surface area contributed by atoms with Gasteiger partial charge in [-0.2, -0.15) is 4.68 Å². The van der Waals surface area contributed by atoms with Gasteiger partial charge >= 0.3 is 5.76 Å². The summed E-state index contributed by atoms with van der Waals surface area (Å²) >= 11 is 1.12. The first-order valence-electron chi connectivity index (χ1n) is 6.95. The van der Waals surface area contributed by atoms with Crippen molar-refractivity contribution in [2.24, 2.45) is 5.73 Å². The molecule has 25 heavy (non-hydrogen) atoms. The number of carbonyl (C=O) groups excluding carboxylic acids is 2. The van der Waals surface area contributed by atoms with E-state index in [1.807, 2.05) is 0 Å². The van der Waals surface area contributed by atoms with Gasteiger partial charge in [-0.05, 0) is 35.7 Å². The normalized spacial score (nSPS) is 10.6. The van der Waals surface area contributed by atoms with E-state index < -0.39 is 29.9 Å².